The van der Waals surface area contributed by atoms with Crippen LogP contribution >= 0.6 is 0 Å². The van der Waals surface area contributed by atoms with E-state index in [4.69, 9.17) is 5.73 Å². The van der Waals surface area contributed by atoms with Crippen LogP contribution in [0.2, 0.25) is 0 Å². The van der Waals surface area contributed by atoms with E-state index in [-0.39, 0.29) is 31.1 Å². The van der Waals surface area contributed by atoms with Gasteiger partial charge in [-0.05, 0) is 36.1 Å². The van der Waals surface area contributed by atoms with Gasteiger partial charge in [-0.2, -0.15) is 0 Å². The van der Waals surface area contributed by atoms with Gasteiger partial charge in [0.05, 0.1) is 0 Å². The number of aliphatic hydroxyl groups excluding tert-OH is 1. The molecule has 0 aliphatic rings. The van der Waals surface area contributed by atoms with Crippen LogP contribution in [-0.2, 0) is 9.59 Å². The number of amides is 4. The van der Waals surface area contributed by atoms with Crippen LogP contribution in [-0.4, -0.2) is 53.3 Å². The van der Waals surface area contributed by atoms with Gasteiger partial charge >= 0.3 is 6.03 Å². The molecule has 0 aromatic heterocycles. The maximum Gasteiger partial charge on any atom is 0.316 e. The van der Waals surface area contributed by atoms with E-state index >= 15 is 0 Å². The zero-order valence-electron chi connectivity index (χ0n) is 19.4. The predicted molar refractivity (Wildman–Crippen MR) is 129 cm³/mol. The van der Waals surface area contributed by atoms with Crippen LogP contribution in [0.25, 0.3) is 0 Å². The van der Waals surface area contributed by atoms with E-state index in [9.17, 15) is 24.3 Å². The molecule has 3 atom stereocenters. The fourth-order valence-corrected chi connectivity index (χ4v) is 3.58. The molecule has 2 rings (SSSR count). The first-order valence-electron chi connectivity index (χ1n) is 11.2. The number of urea groups is 1. The van der Waals surface area contributed by atoms with Gasteiger partial charge in [0, 0.05) is 24.4 Å². The van der Waals surface area contributed by atoms with Crippen molar-refractivity contribution < 1.29 is 24.3 Å². The summed E-state index contributed by atoms with van der Waals surface area (Å²) in [6.45, 7) is 3.75. The van der Waals surface area contributed by atoms with Crippen molar-refractivity contribution in [2.45, 2.75) is 38.8 Å². The number of carbonyl (C=O) groups is 4. The Morgan fingerprint density at radius 1 is 1.12 bits per heavy atom. The number of rotatable bonds is 12. The third-order valence-corrected chi connectivity index (χ3v) is 5.60. The van der Waals surface area contributed by atoms with E-state index in [0.29, 0.717) is 24.0 Å². The van der Waals surface area contributed by atoms with Gasteiger partial charge in [0.1, 0.15) is 18.4 Å². The summed E-state index contributed by atoms with van der Waals surface area (Å²) < 4.78 is 0. The van der Waals surface area contributed by atoms with Crippen molar-refractivity contribution in [1.29, 1.82) is 0 Å². The van der Waals surface area contributed by atoms with E-state index in [1.54, 1.807) is 42.5 Å². The fourth-order valence-electron chi connectivity index (χ4n) is 3.58. The number of primary amides is 1. The average Bonchev–Trinajstić information content (AvgIpc) is 2.84. The van der Waals surface area contributed by atoms with Crippen LogP contribution in [0.5, 0.6) is 0 Å². The smallest absolute Gasteiger partial charge is 0.316 e. The van der Waals surface area contributed by atoms with E-state index in [1.165, 1.54) is 11.0 Å². The SMILES string of the molecule is CCC(C)C(NC(=O)c1cccc(NC(N)=O)c1)C(=O)N(CCCO)C(C=O)c1ccccc1. The molecule has 9 nitrogen and oxygen atoms in total. The minimum atomic E-state index is -0.907. The summed E-state index contributed by atoms with van der Waals surface area (Å²) in [6.07, 6.45) is 1.58. The number of nitrogens with one attached hydrogen (secondary N) is 2. The van der Waals surface area contributed by atoms with Crippen LogP contribution in [0.15, 0.2) is 54.6 Å². The molecule has 34 heavy (non-hydrogen) atoms. The van der Waals surface area contributed by atoms with Gasteiger partial charge in [-0.1, -0.05) is 56.7 Å². The highest BCUT2D eigenvalue weighted by atomic mass is 16.3. The van der Waals surface area contributed by atoms with Crippen LogP contribution in [0, 0.1) is 5.92 Å². The Bertz CT molecular complexity index is 982. The van der Waals surface area contributed by atoms with Crippen LogP contribution < -0.4 is 16.4 Å². The van der Waals surface area contributed by atoms with Crippen molar-refractivity contribution in [2.24, 2.45) is 11.7 Å². The Morgan fingerprint density at radius 3 is 2.41 bits per heavy atom. The number of aliphatic hydroxyl groups is 1. The number of aldehydes is 1. The third-order valence-electron chi connectivity index (χ3n) is 5.60. The van der Waals surface area contributed by atoms with Crippen molar-refractivity contribution >= 4 is 29.8 Å². The lowest BCUT2D eigenvalue weighted by Gasteiger charge is -2.34. The molecule has 2 aromatic carbocycles. The van der Waals surface area contributed by atoms with Gasteiger partial charge in [0.15, 0.2) is 0 Å². The van der Waals surface area contributed by atoms with Gasteiger partial charge in [-0.25, -0.2) is 4.79 Å². The zero-order chi connectivity index (χ0) is 25.1. The molecule has 0 saturated heterocycles. The van der Waals surface area contributed by atoms with Crippen molar-refractivity contribution in [3.63, 3.8) is 0 Å². The maximum atomic E-state index is 13.7. The monoisotopic (exact) mass is 468 g/mol. The quantitative estimate of drug-likeness (QED) is 0.354. The van der Waals surface area contributed by atoms with Gasteiger partial charge in [0.2, 0.25) is 5.91 Å². The zero-order valence-corrected chi connectivity index (χ0v) is 19.4. The molecule has 0 aliphatic carbocycles. The topological polar surface area (TPSA) is 142 Å². The molecule has 3 unspecified atom stereocenters. The van der Waals surface area contributed by atoms with Gasteiger partial charge in [-0.3, -0.25) is 9.59 Å². The highest BCUT2D eigenvalue weighted by Gasteiger charge is 2.34. The minimum absolute atomic E-state index is 0.147. The fraction of sp³-hybridized carbons (Fsp3) is 0.360. The van der Waals surface area contributed by atoms with Crippen molar-refractivity contribution in [3.8, 4) is 0 Å². The Morgan fingerprint density at radius 2 is 1.82 bits per heavy atom. The lowest BCUT2D eigenvalue weighted by atomic mass is 9.95. The minimum Gasteiger partial charge on any atom is -0.396 e. The Labute approximate surface area is 199 Å². The number of nitrogens with two attached hydrogens (primary N) is 1. The molecule has 5 N–H and O–H groups in total. The number of hydrogen-bond donors (Lipinski definition) is 4. The van der Waals surface area contributed by atoms with Crippen LogP contribution in [0.1, 0.15) is 48.7 Å². The predicted octanol–water partition coefficient (Wildman–Crippen LogP) is 2.47. The maximum absolute atomic E-state index is 13.7. The molecule has 0 aliphatic heterocycles. The van der Waals surface area contributed by atoms with E-state index in [0.717, 1.165) is 0 Å². The second kappa shape index (κ2) is 13.1. The molecular weight excluding hydrogens is 436 g/mol. The largest absolute Gasteiger partial charge is 0.396 e. The number of nitrogens with zero attached hydrogens (tertiary/aromatic N) is 1. The molecule has 182 valence electrons. The lowest BCUT2D eigenvalue weighted by Crippen LogP contribution is -2.53. The van der Waals surface area contributed by atoms with Gasteiger partial charge in [-0.15, -0.1) is 0 Å². The first kappa shape index (κ1) is 26.5. The number of carbonyl (C=O) groups excluding carboxylic acids is 4. The summed E-state index contributed by atoms with van der Waals surface area (Å²) in [5.74, 6) is -1.15. The lowest BCUT2D eigenvalue weighted by molar-refractivity contribution is -0.139. The number of anilines is 1. The number of benzene rings is 2. The Hall–Kier alpha value is -3.72. The van der Waals surface area contributed by atoms with Crippen LogP contribution in [0.3, 0.4) is 0 Å². The molecule has 0 bridgehead atoms. The third kappa shape index (κ3) is 7.14. The van der Waals surface area contributed by atoms with E-state index in [2.05, 4.69) is 10.6 Å². The second-order valence-corrected chi connectivity index (χ2v) is 8.01. The normalized spacial score (nSPS) is 13.3. The van der Waals surface area contributed by atoms with E-state index in [1.807, 2.05) is 19.9 Å². The molecule has 9 heteroatoms. The molecule has 0 fully saturated rings. The highest BCUT2D eigenvalue weighted by molar-refractivity contribution is 5.99. The molecule has 2 aromatic rings. The summed E-state index contributed by atoms with van der Waals surface area (Å²) >= 11 is 0. The summed E-state index contributed by atoms with van der Waals surface area (Å²) in [7, 11) is 0. The van der Waals surface area contributed by atoms with Crippen LogP contribution in [0.4, 0.5) is 10.5 Å². The standard InChI is InChI=1S/C25H32N4O5/c1-3-17(2)22(28-23(32)19-11-7-12-20(15-19)27-25(26)34)24(33)29(13-8-14-30)21(16-31)18-9-5-4-6-10-18/h4-7,9-12,15-17,21-22,30H,3,8,13-14H2,1-2H3,(H,28,32)(H3,26,27,34). The molecular formula is C25H32N4O5. The molecule has 0 saturated carbocycles. The Kier molecular flexibility index (Phi) is 10.2. The summed E-state index contributed by atoms with van der Waals surface area (Å²) in [5.41, 5.74) is 6.37. The highest BCUT2D eigenvalue weighted by Crippen LogP contribution is 2.23. The van der Waals surface area contributed by atoms with Gasteiger partial charge < -0.3 is 31.2 Å². The van der Waals surface area contributed by atoms with Gasteiger partial charge in [0.25, 0.3) is 5.91 Å². The van der Waals surface area contributed by atoms with Crippen molar-refractivity contribution in [3.05, 3.63) is 65.7 Å². The first-order chi connectivity index (χ1) is 16.3. The molecule has 0 radical (unpaired) electrons. The van der Waals surface area contributed by atoms with Crippen molar-refractivity contribution in [1.82, 2.24) is 10.2 Å². The second-order valence-electron chi connectivity index (χ2n) is 8.01. The Balaban J connectivity index is 2.35. The molecule has 0 heterocycles. The molecule has 4 amide bonds. The molecule has 0 spiro atoms. The van der Waals surface area contributed by atoms with E-state index < -0.39 is 29.9 Å². The average molecular weight is 469 g/mol. The first-order valence-corrected chi connectivity index (χ1v) is 11.2. The summed E-state index contributed by atoms with van der Waals surface area (Å²) in [4.78, 5) is 51.3. The number of hydrogen-bond acceptors (Lipinski definition) is 5. The summed E-state index contributed by atoms with van der Waals surface area (Å²) in [6, 6.07) is 12.6. The summed E-state index contributed by atoms with van der Waals surface area (Å²) in [5, 5.41) is 14.6. The van der Waals surface area contributed by atoms with Crippen molar-refractivity contribution in [2.75, 3.05) is 18.5 Å².